The van der Waals surface area contributed by atoms with Crippen molar-refractivity contribution >= 4 is 22.6 Å². The predicted octanol–water partition coefficient (Wildman–Crippen LogP) is 6.60. The number of amides is 1. The number of methoxy groups -OCH3 is 2. The maximum Gasteiger partial charge on any atom is 0.416 e. The van der Waals surface area contributed by atoms with Crippen LogP contribution in [0.1, 0.15) is 28.5 Å². The van der Waals surface area contributed by atoms with E-state index in [9.17, 15) is 18.0 Å². The van der Waals surface area contributed by atoms with Crippen molar-refractivity contribution < 1.29 is 36.9 Å². The first kappa shape index (κ1) is 29.2. The van der Waals surface area contributed by atoms with Crippen LogP contribution in [0.5, 0.6) is 28.7 Å². The summed E-state index contributed by atoms with van der Waals surface area (Å²) in [4.78, 5) is 21.8. The van der Waals surface area contributed by atoms with Crippen molar-refractivity contribution in [1.82, 2.24) is 19.7 Å². The van der Waals surface area contributed by atoms with Crippen molar-refractivity contribution in [3.63, 3.8) is 0 Å². The highest BCUT2D eigenvalue weighted by Crippen LogP contribution is 2.37. The number of alkyl halides is 3. The Morgan fingerprint density at radius 2 is 1.72 bits per heavy atom. The molecule has 0 saturated carbocycles. The van der Waals surface area contributed by atoms with E-state index in [0.29, 0.717) is 45.2 Å². The van der Waals surface area contributed by atoms with E-state index < -0.39 is 17.6 Å². The lowest BCUT2D eigenvalue weighted by atomic mass is 10.1. The number of carbonyl (C=O) groups excluding carboxylic acids is 1. The van der Waals surface area contributed by atoms with Gasteiger partial charge in [0.05, 0.1) is 50.0 Å². The Bertz CT molecular complexity index is 1790. The fourth-order valence-electron chi connectivity index (χ4n) is 4.34. The molecule has 2 aromatic carbocycles. The van der Waals surface area contributed by atoms with Crippen molar-refractivity contribution in [2.75, 3.05) is 26.1 Å². The number of aromatic nitrogens is 4. The molecule has 0 unspecified atom stereocenters. The first-order valence-corrected chi connectivity index (χ1v) is 13.0. The van der Waals surface area contributed by atoms with Crippen LogP contribution in [0.2, 0.25) is 0 Å². The van der Waals surface area contributed by atoms with Gasteiger partial charge >= 0.3 is 6.18 Å². The number of pyridine rings is 2. The minimum Gasteiger partial charge on any atom is -0.493 e. The summed E-state index contributed by atoms with van der Waals surface area (Å²) < 4.78 is 63.0. The molecule has 0 radical (unpaired) electrons. The number of nitrogens with zero attached hydrogens (tertiary/aromatic N) is 4. The molecule has 43 heavy (non-hydrogen) atoms. The van der Waals surface area contributed by atoms with Crippen molar-refractivity contribution in [3.05, 3.63) is 83.9 Å². The quantitative estimate of drug-likeness (QED) is 0.204. The molecule has 0 spiro atoms. The molecule has 0 aliphatic heterocycles. The van der Waals surface area contributed by atoms with Crippen molar-refractivity contribution in [2.24, 2.45) is 0 Å². The highest BCUT2D eigenvalue weighted by Gasteiger charge is 2.31. The fraction of sp³-hybridized carbons (Fsp3) is 0.200. The molecule has 1 N–H and O–H groups in total. The van der Waals surface area contributed by atoms with Crippen LogP contribution < -0.4 is 24.3 Å². The zero-order valence-corrected chi connectivity index (χ0v) is 23.5. The molecule has 1 amide bonds. The van der Waals surface area contributed by atoms with Crippen LogP contribution in [-0.4, -0.2) is 46.5 Å². The molecule has 3 aromatic heterocycles. The number of aryl methyl sites for hydroxylation is 1. The largest absolute Gasteiger partial charge is 0.493 e. The van der Waals surface area contributed by atoms with Crippen LogP contribution in [0.3, 0.4) is 0 Å². The molecule has 0 bridgehead atoms. The van der Waals surface area contributed by atoms with E-state index in [0.717, 1.165) is 12.1 Å². The third-order valence-electron chi connectivity index (χ3n) is 6.38. The Kier molecular flexibility index (Phi) is 8.06. The minimum atomic E-state index is -4.48. The Morgan fingerprint density at radius 3 is 2.37 bits per heavy atom. The molecular weight excluding hydrogens is 567 g/mol. The lowest BCUT2D eigenvalue weighted by Gasteiger charge is -2.12. The van der Waals surface area contributed by atoms with E-state index in [1.165, 1.54) is 37.2 Å². The van der Waals surface area contributed by atoms with E-state index in [1.54, 1.807) is 50.6 Å². The van der Waals surface area contributed by atoms with Crippen molar-refractivity contribution in [3.8, 4) is 34.4 Å². The monoisotopic (exact) mass is 593 g/mol. The lowest BCUT2D eigenvalue weighted by Crippen LogP contribution is -2.15. The number of rotatable bonds is 9. The second-order valence-electron chi connectivity index (χ2n) is 9.19. The number of fused-ring (bicyclic) bond motifs is 1. The second-order valence-corrected chi connectivity index (χ2v) is 9.19. The van der Waals surface area contributed by atoms with Gasteiger partial charge in [0.25, 0.3) is 5.91 Å². The Morgan fingerprint density at radius 1 is 0.953 bits per heavy atom. The van der Waals surface area contributed by atoms with Gasteiger partial charge in [-0.25, -0.2) is 9.67 Å². The van der Waals surface area contributed by atoms with Gasteiger partial charge in [-0.05, 0) is 61.9 Å². The smallest absolute Gasteiger partial charge is 0.416 e. The van der Waals surface area contributed by atoms with E-state index in [1.807, 2.05) is 0 Å². The van der Waals surface area contributed by atoms with Gasteiger partial charge < -0.3 is 24.3 Å². The number of carbonyl (C=O) groups is 1. The van der Waals surface area contributed by atoms with Crippen LogP contribution >= 0.6 is 0 Å². The number of halogens is 3. The molecule has 3 heterocycles. The summed E-state index contributed by atoms with van der Waals surface area (Å²) >= 11 is 0. The van der Waals surface area contributed by atoms with E-state index in [-0.39, 0.29) is 23.9 Å². The highest BCUT2D eigenvalue weighted by molar-refractivity contribution is 6.04. The normalized spacial score (nSPS) is 11.3. The average Bonchev–Trinajstić information content (AvgIpc) is 3.41. The van der Waals surface area contributed by atoms with Gasteiger partial charge in [-0.2, -0.15) is 18.3 Å². The highest BCUT2D eigenvalue weighted by atomic mass is 19.4. The van der Waals surface area contributed by atoms with Gasteiger partial charge in [-0.1, -0.05) is 0 Å². The van der Waals surface area contributed by atoms with Gasteiger partial charge in [-0.3, -0.25) is 9.78 Å². The first-order valence-electron chi connectivity index (χ1n) is 13.0. The molecule has 0 saturated heterocycles. The van der Waals surface area contributed by atoms with Gasteiger partial charge in [-0.15, -0.1) is 0 Å². The molecule has 0 fully saturated rings. The van der Waals surface area contributed by atoms with Crippen molar-refractivity contribution in [2.45, 2.75) is 20.0 Å². The minimum absolute atomic E-state index is 0.0593. The van der Waals surface area contributed by atoms with E-state index in [4.69, 9.17) is 18.9 Å². The maximum atomic E-state index is 13.1. The van der Waals surface area contributed by atoms with Gasteiger partial charge in [0, 0.05) is 17.6 Å². The number of hydrogen-bond donors (Lipinski definition) is 1. The van der Waals surface area contributed by atoms with Gasteiger partial charge in [0.2, 0.25) is 0 Å². The summed E-state index contributed by atoms with van der Waals surface area (Å²) in [6.07, 6.45) is 0.0153. The molecule has 13 heteroatoms. The average molecular weight is 594 g/mol. The SMILES string of the molecule is CCOc1cn(-c2ccc(C(F)(F)F)cc2C)nc1C(=O)Nc1ccc(Oc2ccnc3cc(OC)c(OC)cc23)cn1. The number of hydrogen-bond acceptors (Lipinski definition) is 8. The van der Waals surface area contributed by atoms with Crippen LogP contribution in [-0.2, 0) is 6.18 Å². The second kappa shape index (κ2) is 11.9. The topological polar surface area (TPSA) is 110 Å². The Labute approximate surface area is 244 Å². The predicted molar refractivity (Wildman–Crippen MR) is 152 cm³/mol. The van der Waals surface area contributed by atoms with Gasteiger partial charge in [0.15, 0.2) is 22.9 Å². The molecule has 5 aromatic rings. The molecule has 0 aliphatic carbocycles. The molecule has 0 aliphatic rings. The summed E-state index contributed by atoms with van der Waals surface area (Å²) in [6.45, 7) is 3.51. The maximum absolute atomic E-state index is 13.1. The molecule has 5 rings (SSSR count). The van der Waals surface area contributed by atoms with Crippen molar-refractivity contribution in [1.29, 1.82) is 0 Å². The standard InChI is InChI=1S/C30H26F3N5O5/c1-5-42-26-16-38(22-8-6-18(12-17(22)2)30(31,32)33)37-28(26)29(39)36-27-9-7-19(15-35-27)43-23-10-11-34-21-14-25(41-4)24(40-3)13-20(21)23/h6-16H,5H2,1-4H3,(H,35,36,39). The summed E-state index contributed by atoms with van der Waals surface area (Å²) in [7, 11) is 3.08. The summed E-state index contributed by atoms with van der Waals surface area (Å²) in [5.41, 5.74) is 0.495. The third-order valence-corrected chi connectivity index (χ3v) is 6.38. The summed E-state index contributed by atoms with van der Waals surface area (Å²) in [6, 6.07) is 11.7. The number of nitrogens with one attached hydrogen (secondary N) is 1. The lowest BCUT2D eigenvalue weighted by molar-refractivity contribution is -0.137. The first-order chi connectivity index (χ1) is 20.6. The third kappa shape index (κ3) is 6.15. The zero-order valence-electron chi connectivity index (χ0n) is 23.5. The van der Waals surface area contributed by atoms with E-state index in [2.05, 4.69) is 20.4 Å². The number of anilines is 1. The van der Waals surface area contributed by atoms with Gasteiger partial charge in [0.1, 0.15) is 17.3 Å². The van der Waals surface area contributed by atoms with Crippen LogP contribution in [0, 0.1) is 6.92 Å². The summed E-state index contributed by atoms with van der Waals surface area (Å²) in [5.74, 6) is 1.72. The molecular formula is C30H26F3N5O5. The fourth-order valence-corrected chi connectivity index (χ4v) is 4.34. The Balaban J connectivity index is 1.35. The Hall–Kier alpha value is -5.33. The molecule has 10 nitrogen and oxygen atoms in total. The molecule has 0 atom stereocenters. The number of ether oxygens (including phenoxy) is 4. The van der Waals surface area contributed by atoms with Crippen LogP contribution in [0.25, 0.3) is 16.6 Å². The van der Waals surface area contributed by atoms with Crippen LogP contribution in [0.4, 0.5) is 19.0 Å². The van der Waals surface area contributed by atoms with E-state index >= 15 is 0 Å². The summed E-state index contributed by atoms with van der Waals surface area (Å²) in [5, 5.41) is 7.65. The van der Waals surface area contributed by atoms with Crippen LogP contribution in [0.15, 0.2) is 67.1 Å². The zero-order chi connectivity index (χ0) is 30.7. The number of benzene rings is 2. The molecule has 222 valence electrons.